The third-order valence-corrected chi connectivity index (χ3v) is 6.19. The largest absolute Gasteiger partial charge is 0.326 e. The third-order valence-electron chi connectivity index (χ3n) is 6.19. The van der Waals surface area contributed by atoms with Crippen molar-refractivity contribution in [3.05, 3.63) is 89.5 Å². The fourth-order valence-corrected chi connectivity index (χ4v) is 4.45. The van der Waals surface area contributed by atoms with Crippen LogP contribution in [0.3, 0.4) is 0 Å². The van der Waals surface area contributed by atoms with Gasteiger partial charge in [0.2, 0.25) is 11.9 Å². The van der Waals surface area contributed by atoms with Crippen LogP contribution in [0.2, 0.25) is 0 Å². The first-order chi connectivity index (χ1) is 16.0. The van der Waals surface area contributed by atoms with Crippen LogP contribution in [-0.2, 0) is 22.6 Å². The van der Waals surface area contributed by atoms with Gasteiger partial charge in [-0.3, -0.25) is 19.1 Å². The molecule has 0 unspecified atom stereocenters. The summed E-state index contributed by atoms with van der Waals surface area (Å²) in [5, 5.41) is 3.01. The predicted octanol–water partition coefficient (Wildman–Crippen LogP) is 5.02. The lowest BCUT2D eigenvalue weighted by molar-refractivity contribution is -0.124. The summed E-state index contributed by atoms with van der Waals surface area (Å²) < 4.78 is 1.91. The second-order valence-corrected chi connectivity index (χ2v) is 8.46. The van der Waals surface area contributed by atoms with Crippen LogP contribution in [0, 0.1) is 6.92 Å². The van der Waals surface area contributed by atoms with Gasteiger partial charge in [-0.2, -0.15) is 0 Å². The van der Waals surface area contributed by atoms with E-state index in [1.54, 1.807) is 4.90 Å². The van der Waals surface area contributed by atoms with Crippen LogP contribution in [0.25, 0.3) is 11.0 Å². The van der Waals surface area contributed by atoms with Crippen LogP contribution in [0.1, 0.15) is 36.1 Å². The Hall–Kier alpha value is -3.93. The number of carbonyl (C=O) groups excluding carboxylic acids is 2. The van der Waals surface area contributed by atoms with Crippen molar-refractivity contribution < 1.29 is 9.59 Å². The summed E-state index contributed by atoms with van der Waals surface area (Å²) in [7, 11) is 0. The summed E-state index contributed by atoms with van der Waals surface area (Å²) in [4.78, 5) is 33.0. The van der Waals surface area contributed by atoms with Gasteiger partial charge in [0.05, 0.1) is 24.0 Å². The normalized spacial score (nSPS) is 15.2. The minimum Gasteiger partial charge on any atom is -0.326 e. The molecule has 0 radical (unpaired) electrons. The van der Waals surface area contributed by atoms with Crippen molar-refractivity contribution in [1.29, 1.82) is 0 Å². The number of amides is 2. The van der Waals surface area contributed by atoms with Gasteiger partial charge in [0.25, 0.3) is 5.91 Å². The van der Waals surface area contributed by atoms with Crippen molar-refractivity contribution >= 4 is 34.5 Å². The molecule has 1 aliphatic heterocycles. The molecule has 6 heteroatoms. The van der Waals surface area contributed by atoms with Gasteiger partial charge >= 0.3 is 0 Å². The highest BCUT2D eigenvalue weighted by molar-refractivity contribution is 6.05. The highest BCUT2D eigenvalue weighted by Gasteiger charge is 2.40. The number of hydrogen-bond donors (Lipinski definition) is 1. The topological polar surface area (TPSA) is 67.2 Å². The van der Waals surface area contributed by atoms with Crippen LogP contribution in [0.5, 0.6) is 0 Å². The second-order valence-electron chi connectivity index (χ2n) is 8.46. The Labute approximate surface area is 192 Å². The van der Waals surface area contributed by atoms with E-state index in [0.717, 1.165) is 34.3 Å². The Balaban J connectivity index is 1.47. The Morgan fingerprint density at radius 3 is 2.52 bits per heavy atom. The van der Waals surface area contributed by atoms with Gasteiger partial charge in [-0.15, -0.1) is 0 Å². The molecule has 0 bridgehead atoms. The number of aromatic nitrogens is 2. The summed E-state index contributed by atoms with van der Waals surface area (Å²) in [6, 6.07) is 23.0. The van der Waals surface area contributed by atoms with Crippen LogP contribution < -0.4 is 10.2 Å². The van der Waals surface area contributed by atoms with E-state index in [4.69, 9.17) is 4.98 Å². The fourth-order valence-electron chi connectivity index (χ4n) is 4.45. The van der Waals surface area contributed by atoms with Gasteiger partial charge in [-0.05, 0) is 42.7 Å². The van der Waals surface area contributed by atoms with E-state index in [1.165, 1.54) is 5.56 Å². The van der Waals surface area contributed by atoms with Crippen LogP contribution in [-0.4, -0.2) is 21.4 Å². The Bertz CT molecular complexity index is 1340. The average Bonchev–Trinajstić information content (AvgIpc) is 3.31. The first kappa shape index (κ1) is 20.9. The second kappa shape index (κ2) is 8.54. The number of imidazole rings is 1. The average molecular weight is 439 g/mol. The van der Waals surface area contributed by atoms with E-state index < -0.39 is 6.04 Å². The highest BCUT2D eigenvalue weighted by atomic mass is 16.2. The Morgan fingerprint density at radius 1 is 1.00 bits per heavy atom. The van der Waals surface area contributed by atoms with Crippen molar-refractivity contribution in [3.8, 4) is 0 Å². The molecule has 0 aliphatic carbocycles. The number of hydrogen-bond acceptors (Lipinski definition) is 3. The van der Waals surface area contributed by atoms with Crippen molar-refractivity contribution in [2.24, 2.45) is 0 Å². The number of nitrogens with zero attached hydrogens (tertiary/aromatic N) is 3. The van der Waals surface area contributed by atoms with Crippen molar-refractivity contribution in [2.75, 3.05) is 10.2 Å². The number of para-hydroxylation sites is 3. The van der Waals surface area contributed by atoms with Crippen molar-refractivity contribution in [1.82, 2.24) is 9.55 Å². The molecule has 2 amide bonds. The molecule has 1 aromatic heterocycles. The molecule has 0 fully saturated rings. The van der Waals surface area contributed by atoms with E-state index in [1.807, 2.05) is 84.3 Å². The molecule has 0 spiro atoms. The van der Waals surface area contributed by atoms with E-state index >= 15 is 0 Å². The molecular weight excluding hydrogens is 412 g/mol. The summed E-state index contributed by atoms with van der Waals surface area (Å²) >= 11 is 0. The maximum atomic E-state index is 13.5. The number of benzene rings is 3. The minimum absolute atomic E-state index is 0.0502. The van der Waals surface area contributed by atoms with E-state index in [9.17, 15) is 9.59 Å². The number of anilines is 2. The Kier molecular flexibility index (Phi) is 5.42. The molecule has 5 rings (SSSR count). The molecule has 0 saturated carbocycles. The molecule has 6 nitrogen and oxygen atoms in total. The van der Waals surface area contributed by atoms with Gasteiger partial charge in [-0.25, -0.2) is 4.98 Å². The number of nitrogens with one attached hydrogen (secondary N) is 1. The molecule has 1 N–H and O–H groups in total. The summed E-state index contributed by atoms with van der Waals surface area (Å²) in [6.45, 7) is 4.51. The zero-order valence-electron chi connectivity index (χ0n) is 18.8. The van der Waals surface area contributed by atoms with Crippen molar-refractivity contribution in [2.45, 2.75) is 39.3 Å². The lowest BCUT2D eigenvalue weighted by Crippen LogP contribution is -2.31. The molecule has 0 saturated heterocycles. The summed E-state index contributed by atoms with van der Waals surface area (Å²) in [5.74, 6) is 0.298. The quantitative estimate of drug-likeness (QED) is 0.459. The lowest BCUT2D eigenvalue weighted by Gasteiger charge is -2.16. The lowest BCUT2D eigenvalue weighted by atomic mass is 10.1. The molecule has 1 atom stereocenters. The fraction of sp³-hybridized carbons (Fsp3) is 0.222. The first-order valence-corrected chi connectivity index (χ1v) is 11.3. The molecule has 166 valence electrons. The van der Waals surface area contributed by atoms with Crippen LogP contribution in [0.15, 0.2) is 72.8 Å². The standard InChI is InChI=1S/C27H26N4O2/c1-3-20-8-4-5-9-21(20)28-25(32)16-24-26(33)30(17-19-14-12-18(2)13-15-19)27-29-22-10-6-7-11-23(22)31(24)27/h4-15,24H,3,16-17H2,1-2H3,(H,28,32)/t24-/m0/s1. The summed E-state index contributed by atoms with van der Waals surface area (Å²) in [5.41, 5.74) is 5.73. The zero-order chi connectivity index (χ0) is 22.9. The van der Waals surface area contributed by atoms with E-state index in [-0.39, 0.29) is 18.2 Å². The smallest absolute Gasteiger partial charge is 0.253 e. The maximum absolute atomic E-state index is 13.5. The number of carbonyl (C=O) groups is 2. The third kappa shape index (κ3) is 3.89. The highest BCUT2D eigenvalue weighted by Crippen LogP contribution is 2.37. The molecule has 3 aromatic carbocycles. The van der Waals surface area contributed by atoms with Gasteiger partial charge in [-0.1, -0.05) is 67.1 Å². The number of fused-ring (bicyclic) bond motifs is 3. The SMILES string of the molecule is CCc1ccccc1NC(=O)C[C@H]1C(=O)N(Cc2ccc(C)cc2)c2nc3ccccc3n21. The predicted molar refractivity (Wildman–Crippen MR) is 130 cm³/mol. The van der Waals surface area contributed by atoms with Crippen LogP contribution in [0.4, 0.5) is 11.6 Å². The number of aryl methyl sites for hydroxylation is 2. The number of rotatable bonds is 6. The van der Waals surface area contributed by atoms with Crippen molar-refractivity contribution in [3.63, 3.8) is 0 Å². The van der Waals surface area contributed by atoms with Gasteiger partial charge < -0.3 is 5.32 Å². The van der Waals surface area contributed by atoms with Crippen LogP contribution >= 0.6 is 0 Å². The van der Waals surface area contributed by atoms with Gasteiger partial charge in [0, 0.05) is 5.69 Å². The molecule has 4 aromatic rings. The van der Waals surface area contributed by atoms with Gasteiger partial charge in [0.15, 0.2) is 0 Å². The Morgan fingerprint density at radius 2 is 1.73 bits per heavy atom. The zero-order valence-corrected chi connectivity index (χ0v) is 18.8. The molecule has 2 heterocycles. The summed E-state index contributed by atoms with van der Waals surface area (Å²) in [6.07, 6.45) is 0.869. The monoisotopic (exact) mass is 438 g/mol. The van der Waals surface area contributed by atoms with E-state index in [0.29, 0.717) is 12.5 Å². The molecule has 33 heavy (non-hydrogen) atoms. The maximum Gasteiger partial charge on any atom is 0.253 e. The minimum atomic E-state index is -0.633. The van der Waals surface area contributed by atoms with Gasteiger partial charge in [0.1, 0.15) is 6.04 Å². The van der Waals surface area contributed by atoms with E-state index in [2.05, 4.69) is 12.2 Å². The molecule has 1 aliphatic rings. The molecular formula is C27H26N4O2. The first-order valence-electron chi connectivity index (χ1n) is 11.3.